The number of fused-ring (bicyclic) bond motifs is 4. The van der Waals surface area contributed by atoms with E-state index in [0.29, 0.717) is 71.2 Å². The van der Waals surface area contributed by atoms with E-state index in [9.17, 15) is 24.3 Å². The van der Waals surface area contributed by atoms with Crippen molar-refractivity contribution in [1.29, 1.82) is 0 Å². The van der Waals surface area contributed by atoms with Crippen LogP contribution in [-0.2, 0) is 36.7 Å². The summed E-state index contributed by atoms with van der Waals surface area (Å²) in [5.74, 6) is -1.15. The second-order valence-electron chi connectivity index (χ2n) is 19.5. The van der Waals surface area contributed by atoms with Crippen molar-refractivity contribution in [2.24, 2.45) is 0 Å². The number of nitrogens with zero attached hydrogens (tertiary/aromatic N) is 4. The van der Waals surface area contributed by atoms with E-state index in [0.717, 1.165) is 33.6 Å². The molecule has 15 heteroatoms. The second-order valence-corrected chi connectivity index (χ2v) is 23.8. The summed E-state index contributed by atoms with van der Waals surface area (Å²) in [6.07, 6.45) is 8.44. The number of amides is 4. The summed E-state index contributed by atoms with van der Waals surface area (Å²) >= 11 is 0. The molecule has 0 saturated carbocycles. The summed E-state index contributed by atoms with van der Waals surface area (Å²) in [6, 6.07) is 47.3. The van der Waals surface area contributed by atoms with Crippen LogP contribution < -0.4 is 21.0 Å². The van der Waals surface area contributed by atoms with Crippen molar-refractivity contribution in [3.63, 3.8) is 0 Å². The van der Waals surface area contributed by atoms with Gasteiger partial charge in [-0.25, -0.2) is 9.97 Å². The van der Waals surface area contributed by atoms with Gasteiger partial charge in [-0.2, -0.15) is 0 Å². The maximum Gasteiger partial charge on any atom is 0.262 e. The van der Waals surface area contributed by atoms with Crippen LogP contribution in [0.5, 0.6) is 0 Å². The standard InChI is InChI=1S/C38H35N3O4Si.C22H17N3O4.CH4/c1-38(2,3)46(27-15-6-4-7-16-27,28-17-8-5-9-18-28)44-23-13-22-41-25-30(29-19-12-21-39-35(29)41)33-34(37(43)40-36(33)42)32-24-26-14-10-11-20-31(26)45-32;26-10-4-9-25-12-15(14-6-3-8-23-20(14)25)18-19(22(28)24-21(18)27)17-11-13-5-1-2-7-16(13)29-17;/h4-12,14-21,24-25H,13,22-23H2,1-3H3,(H,40,42,43);1-3,5-8,11-12,26H,4,9-10H2,(H,24,27,28);1H4. The van der Waals surface area contributed by atoms with Gasteiger partial charge in [0.05, 0.1) is 22.3 Å². The summed E-state index contributed by atoms with van der Waals surface area (Å²) in [6.45, 7) is 8.58. The van der Waals surface area contributed by atoms with Crippen molar-refractivity contribution in [3.8, 4) is 0 Å². The molecule has 0 saturated heterocycles. The lowest BCUT2D eigenvalue weighted by molar-refractivity contribution is -0.124. The normalized spacial score (nSPS) is 14.0. The fourth-order valence-corrected chi connectivity index (χ4v) is 15.2. The molecule has 8 heterocycles. The number of furan rings is 2. The molecule has 0 aliphatic carbocycles. The van der Waals surface area contributed by atoms with Crippen LogP contribution in [0.3, 0.4) is 0 Å². The summed E-state index contributed by atoms with van der Waals surface area (Å²) < 4.78 is 23.0. The fraction of sp³-hybridized carbons (Fsp3) is 0.180. The van der Waals surface area contributed by atoms with Crippen LogP contribution in [0.15, 0.2) is 179 Å². The van der Waals surface area contributed by atoms with Gasteiger partial charge in [0, 0.05) is 83.8 Å². The molecule has 76 heavy (non-hydrogen) atoms. The van der Waals surface area contributed by atoms with E-state index >= 15 is 0 Å². The van der Waals surface area contributed by atoms with Crippen molar-refractivity contribution in [1.82, 2.24) is 29.7 Å². The SMILES string of the molecule is C.CC(C)(C)[Si](OCCCn1cc(C2=C(c3cc4ccccc4o3)C(=O)NC2=O)c2cccnc21)(c1ccccc1)c1ccccc1.O=C1NC(=O)C(c2cn(CCCO)c3ncccc23)=C1c1cc2ccccc2o1. The first-order chi connectivity index (χ1) is 36.4. The van der Waals surface area contributed by atoms with E-state index in [1.807, 2.05) is 102 Å². The lowest BCUT2D eigenvalue weighted by atomic mass is 10.00. The quantitative estimate of drug-likeness (QED) is 0.0539. The highest BCUT2D eigenvalue weighted by molar-refractivity contribution is 6.99. The Morgan fingerprint density at radius 1 is 0.553 bits per heavy atom. The number of hydrogen-bond donors (Lipinski definition) is 3. The third-order valence-electron chi connectivity index (χ3n) is 13.8. The van der Waals surface area contributed by atoms with E-state index < -0.39 is 31.9 Å². The average molecular weight is 1030 g/mol. The third-order valence-corrected chi connectivity index (χ3v) is 18.9. The number of para-hydroxylation sites is 2. The largest absolute Gasteiger partial charge is 0.456 e. The molecular weight excluding hydrogens is 973 g/mol. The van der Waals surface area contributed by atoms with Crippen LogP contribution in [0.25, 0.3) is 66.3 Å². The molecule has 0 spiro atoms. The molecular formula is C61H56N6O8Si. The lowest BCUT2D eigenvalue weighted by Crippen LogP contribution is -2.66. The molecule has 0 atom stereocenters. The van der Waals surface area contributed by atoms with E-state index in [2.05, 4.69) is 94.5 Å². The number of rotatable bonds is 14. The first kappa shape index (κ1) is 50.8. The van der Waals surface area contributed by atoms with Crippen molar-refractivity contribution < 1.29 is 37.5 Å². The molecule has 382 valence electrons. The molecule has 0 fully saturated rings. The highest BCUT2D eigenvalue weighted by Gasteiger charge is 2.50. The van der Waals surface area contributed by atoms with E-state index in [-0.39, 0.29) is 35.8 Å². The number of benzene rings is 4. The Bertz CT molecular complexity index is 3810. The van der Waals surface area contributed by atoms with Gasteiger partial charge in [-0.3, -0.25) is 29.8 Å². The number of aryl methyl sites for hydroxylation is 2. The highest BCUT2D eigenvalue weighted by atomic mass is 28.4. The molecule has 4 aromatic carbocycles. The zero-order valence-corrected chi connectivity index (χ0v) is 42.5. The molecule has 2 aliphatic heterocycles. The molecule has 2 aliphatic rings. The minimum atomic E-state index is -2.67. The molecule has 0 bridgehead atoms. The predicted molar refractivity (Wildman–Crippen MR) is 298 cm³/mol. The maximum absolute atomic E-state index is 13.3. The summed E-state index contributed by atoms with van der Waals surface area (Å²) in [4.78, 5) is 60.9. The van der Waals surface area contributed by atoms with Gasteiger partial charge >= 0.3 is 0 Å². The molecule has 4 amide bonds. The Labute approximate surface area is 439 Å². The Morgan fingerprint density at radius 2 is 0.974 bits per heavy atom. The van der Waals surface area contributed by atoms with Gasteiger partial charge in [0.15, 0.2) is 0 Å². The lowest BCUT2D eigenvalue weighted by Gasteiger charge is -2.43. The number of carbonyl (C=O) groups excluding carboxylic acids is 4. The minimum Gasteiger partial charge on any atom is -0.456 e. The Kier molecular flexibility index (Phi) is 13.9. The number of nitrogens with one attached hydrogen (secondary N) is 2. The average Bonchev–Trinajstić information content (AvgIpc) is 4.31. The third kappa shape index (κ3) is 9.07. The molecule has 10 aromatic rings. The number of aliphatic hydroxyl groups excluding tert-OH is 1. The second kappa shape index (κ2) is 20.9. The van der Waals surface area contributed by atoms with Gasteiger partial charge < -0.3 is 27.5 Å². The Hall–Kier alpha value is -8.76. The molecule has 3 N–H and O–H groups in total. The maximum atomic E-state index is 13.3. The Morgan fingerprint density at radius 3 is 1.41 bits per heavy atom. The number of carbonyl (C=O) groups is 4. The van der Waals surface area contributed by atoms with Crippen LogP contribution in [0.4, 0.5) is 0 Å². The van der Waals surface area contributed by atoms with Gasteiger partial charge in [0.1, 0.15) is 34.0 Å². The van der Waals surface area contributed by atoms with Gasteiger partial charge in [-0.1, -0.05) is 125 Å². The van der Waals surface area contributed by atoms with E-state index in [1.54, 1.807) is 24.5 Å². The summed E-state index contributed by atoms with van der Waals surface area (Å²) in [5, 5.41) is 19.7. The monoisotopic (exact) mass is 1030 g/mol. The molecule has 0 unspecified atom stereocenters. The van der Waals surface area contributed by atoms with Gasteiger partial charge in [0.25, 0.3) is 31.9 Å². The van der Waals surface area contributed by atoms with Crippen LogP contribution in [0.1, 0.15) is 63.7 Å². The fourth-order valence-electron chi connectivity index (χ4n) is 10.6. The molecule has 14 nitrogen and oxygen atoms in total. The first-order valence-electron chi connectivity index (χ1n) is 24.9. The molecule has 12 rings (SSSR count). The highest BCUT2D eigenvalue weighted by Crippen LogP contribution is 2.40. The van der Waals surface area contributed by atoms with Crippen molar-refractivity contribution in [3.05, 3.63) is 193 Å². The van der Waals surface area contributed by atoms with Gasteiger partial charge in [-0.15, -0.1) is 0 Å². The number of hydrogen-bond acceptors (Lipinski definition) is 10. The van der Waals surface area contributed by atoms with Crippen molar-refractivity contribution in [2.75, 3.05) is 13.2 Å². The Balaban J connectivity index is 0.000000188. The minimum absolute atomic E-state index is 0. The predicted octanol–water partition coefficient (Wildman–Crippen LogP) is 9.68. The van der Waals surface area contributed by atoms with Crippen LogP contribution in [-0.4, -0.2) is 69.4 Å². The number of pyridine rings is 2. The zero-order chi connectivity index (χ0) is 51.8. The van der Waals surface area contributed by atoms with Gasteiger partial charge in [-0.05, 0) is 76.8 Å². The zero-order valence-electron chi connectivity index (χ0n) is 41.5. The first-order valence-corrected chi connectivity index (χ1v) is 26.8. The van der Waals surface area contributed by atoms with Crippen LogP contribution >= 0.6 is 0 Å². The summed E-state index contributed by atoms with van der Waals surface area (Å²) in [7, 11) is -2.67. The smallest absolute Gasteiger partial charge is 0.262 e. The molecule has 6 aromatic heterocycles. The van der Waals surface area contributed by atoms with E-state index in [1.165, 1.54) is 10.4 Å². The van der Waals surface area contributed by atoms with E-state index in [4.69, 9.17) is 13.3 Å². The van der Waals surface area contributed by atoms with Crippen molar-refractivity contribution in [2.45, 2.75) is 59.2 Å². The van der Waals surface area contributed by atoms with Gasteiger partial charge in [0.2, 0.25) is 0 Å². The van der Waals surface area contributed by atoms with Crippen LogP contribution in [0.2, 0.25) is 5.04 Å². The topological polar surface area (TPSA) is 184 Å². The van der Waals surface area contributed by atoms with Crippen molar-refractivity contribution >= 4 is 109 Å². The number of aromatic nitrogens is 4. The number of imide groups is 2. The summed E-state index contributed by atoms with van der Waals surface area (Å²) in [5.41, 5.74) is 5.02. The molecule has 0 radical (unpaired) electrons. The van der Waals surface area contributed by atoms with Crippen LogP contribution in [0, 0.1) is 0 Å². The number of aliphatic hydroxyl groups is 1.